The van der Waals surface area contributed by atoms with Crippen LogP contribution in [-0.2, 0) is 6.18 Å². The zero-order valence-corrected chi connectivity index (χ0v) is 10.3. The van der Waals surface area contributed by atoms with Crippen molar-refractivity contribution in [3.8, 4) is 0 Å². The van der Waals surface area contributed by atoms with Gasteiger partial charge >= 0.3 is 6.18 Å². The van der Waals surface area contributed by atoms with Crippen LogP contribution >= 0.6 is 0 Å². The molecule has 1 aromatic heterocycles. The molecule has 7 heteroatoms. The lowest BCUT2D eigenvalue weighted by molar-refractivity contribution is -0.141. The Morgan fingerprint density at radius 3 is 2.67 bits per heavy atom. The third-order valence-electron chi connectivity index (χ3n) is 3.02. The average Bonchev–Trinajstić information content (AvgIpc) is 2.28. The van der Waals surface area contributed by atoms with Crippen molar-refractivity contribution >= 4 is 5.95 Å². The fraction of sp³-hybridized carbons (Fsp3) is 0.636. The summed E-state index contributed by atoms with van der Waals surface area (Å²) in [6.45, 7) is 4.18. The second kappa shape index (κ2) is 4.72. The molecule has 0 aliphatic carbocycles. The minimum Gasteiger partial charge on any atom is -0.336 e. The Balaban J connectivity index is 2.23. The Morgan fingerprint density at radius 2 is 2.06 bits per heavy atom. The molecule has 2 rings (SSSR count). The van der Waals surface area contributed by atoms with Crippen LogP contribution in [0.5, 0.6) is 0 Å². The third kappa shape index (κ3) is 2.72. The Bertz CT molecular complexity index is 421. The van der Waals surface area contributed by atoms with E-state index in [1.165, 1.54) is 0 Å². The second-order valence-electron chi connectivity index (χ2n) is 4.54. The molecule has 18 heavy (non-hydrogen) atoms. The molecule has 4 nitrogen and oxygen atoms in total. The Kier molecular flexibility index (Phi) is 3.43. The molecule has 0 bridgehead atoms. The summed E-state index contributed by atoms with van der Waals surface area (Å²) in [5.41, 5.74) is -0.890. The molecule has 1 saturated heterocycles. The first-order chi connectivity index (χ1) is 8.38. The first-order valence-corrected chi connectivity index (χ1v) is 5.73. The van der Waals surface area contributed by atoms with Crippen molar-refractivity contribution in [1.29, 1.82) is 0 Å². The number of hydrogen-bond donors (Lipinski definition) is 0. The van der Waals surface area contributed by atoms with E-state index in [2.05, 4.69) is 14.9 Å². The highest BCUT2D eigenvalue weighted by atomic mass is 19.4. The highest BCUT2D eigenvalue weighted by Gasteiger charge is 2.34. The molecule has 0 spiro atoms. The van der Waals surface area contributed by atoms with Crippen molar-refractivity contribution < 1.29 is 13.2 Å². The molecule has 1 aliphatic heterocycles. The largest absolute Gasteiger partial charge is 0.433 e. The molecule has 2 heterocycles. The van der Waals surface area contributed by atoms with Crippen LogP contribution in [0.2, 0.25) is 0 Å². The number of aromatic nitrogens is 2. The molecule has 0 N–H and O–H groups in total. The van der Waals surface area contributed by atoms with Crippen molar-refractivity contribution in [1.82, 2.24) is 14.9 Å². The van der Waals surface area contributed by atoms with Crippen LogP contribution < -0.4 is 4.90 Å². The summed E-state index contributed by atoms with van der Waals surface area (Å²) in [5, 5.41) is 0. The lowest BCUT2D eigenvalue weighted by Gasteiger charge is -2.38. The van der Waals surface area contributed by atoms with Crippen LogP contribution in [0.25, 0.3) is 0 Å². The molecule has 1 unspecified atom stereocenters. The molecule has 100 valence electrons. The fourth-order valence-electron chi connectivity index (χ4n) is 2.08. The zero-order valence-electron chi connectivity index (χ0n) is 10.3. The average molecular weight is 260 g/mol. The van der Waals surface area contributed by atoms with Crippen LogP contribution in [-0.4, -0.2) is 47.6 Å². The number of nitrogens with zero attached hydrogens (tertiary/aromatic N) is 4. The smallest absolute Gasteiger partial charge is 0.336 e. The van der Waals surface area contributed by atoms with Gasteiger partial charge in [-0.3, -0.25) is 0 Å². The molecule has 0 saturated carbocycles. The first kappa shape index (κ1) is 13.1. The molecule has 0 amide bonds. The minimum absolute atomic E-state index is 0.104. The molecular formula is C11H15F3N4. The van der Waals surface area contributed by atoms with Crippen LogP contribution in [0.4, 0.5) is 19.1 Å². The van der Waals surface area contributed by atoms with Gasteiger partial charge in [-0.05, 0) is 20.0 Å². The van der Waals surface area contributed by atoms with E-state index in [0.29, 0.717) is 6.54 Å². The van der Waals surface area contributed by atoms with Gasteiger partial charge in [0, 0.05) is 31.9 Å². The highest BCUT2D eigenvalue weighted by Crippen LogP contribution is 2.28. The van der Waals surface area contributed by atoms with Gasteiger partial charge < -0.3 is 9.80 Å². The second-order valence-corrected chi connectivity index (χ2v) is 4.54. The number of hydrogen-bond acceptors (Lipinski definition) is 4. The van der Waals surface area contributed by atoms with Crippen LogP contribution in [0, 0.1) is 0 Å². The number of likely N-dealkylation sites (N-methyl/N-ethyl adjacent to an activating group) is 1. The predicted octanol–water partition coefficient (Wildman–Crippen LogP) is 1.64. The van der Waals surface area contributed by atoms with E-state index in [9.17, 15) is 13.2 Å². The maximum Gasteiger partial charge on any atom is 0.433 e. The summed E-state index contributed by atoms with van der Waals surface area (Å²) in [6, 6.07) is 0.997. The highest BCUT2D eigenvalue weighted by molar-refractivity contribution is 5.33. The van der Waals surface area contributed by atoms with Gasteiger partial charge in [0.1, 0.15) is 5.69 Å². The Morgan fingerprint density at radius 1 is 1.33 bits per heavy atom. The number of anilines is 1. The van der Waals surface area contributed by atoms with Gasteiger partial charge in [0.05, 0.1) is 0 Å². The van der Waals surface area contributed by atoms with Gasteiger partial charge in [-0.2, -0.15) is 13.2 Å². The number of rotatable bonds is 1. The van der Waals surface area contributed by atoms with Crippen molar-refractivity contribution in [3.05, 3.63) is 18.0 Å². The fourth-order valence-corrected chi connectivity index (χ4v) is 2.08. The van der Waals surface area contributed by atoms with E-state index < -0.39 is 11.9 Å². The lowest BCUT2D eigenvalue weighted by Crippen LogP contribution is -2.51. The quantitative estimate of drug-likeness (QED) is 0.768. The van der Waals surface area contributed by atoms with Crippen molar-refractivity contribution in [2.24, 2.45) is 0 Å². The summed E-state index contributed by atoms with van der Waals surface area (Å²) in [4.78, 5) is 11.5. The summed E-state index contributed by atoms with van der Waals surface area (Å²) < 4.78 is 37.7. The number of alkyl halides is 3. The van der Waals surface area contributed by atoms with E-state index >= 15 is 0 Å². The third-order valence-corrected chi connectivity index (χ3v) is 3.02. The van der Waals surface area contributed by atoms with Crippen LogP contribution in [0.15, 0.2) is 12.3 Å². The predicted molar refractivity (Wildman–Crippen MR) is 61.3 cm³/mol. The monoisotopic (exact) mass is 260 g/mol. The summed E-state index contributed by atoms with van der Waals surface area (Å²) in [7, 11) is 1.99. The van der Waals surface area contributed by atoms with E-state index in [0.717, 1.165) is 25.4 Å². The molecule has 1 aliphatic rings. The number of halogens is 3. The number of piperazine rings is 1. The standard InChI is InChI=1S/C11H15F3N4/c1-8-7-17(2)5-6-18(8)10-15-4-3-9(16-10)11(12,13)14/h3-4,8H,5-7H2,1-2H3. The van der Waals surface area contributed by atoms with Gasteiger partial charge in [0.15, 0.2) is 0 Å². The van der Waals surface area contributed by atoms with Gasteiger partial charge in [-0.15, -0.1) is 0 Å². The van der Waals surface area contributed by atoms with E-state index in [-0.39, 0.29) is 12.0 Å². The SMILES string of the molecule is CC1CN(C)CCN1c1nccc(C(F)(F)F)n1. The summed E-state index contributed by atoms with van der Waals surface area (Å²) in [5.74, 6) is 0.158. The maximum atomic E-state index is 12.6. The normalized spacial score (nSPS) is 22.3. The molecule has 0 radical (unpaired) electrons. The van der Waals surface area contributed by atoms with Crippen LogP contribution in [0.3, 0.4) is 0 Å². The van der Waals surface area contributed by atoms with Gasteiger partial charge in [0.25, 0.3) is 0 Å². The molecule has 0 aromatic carbocycles. The van der Waals surface area contributed by atoms with Gasteiger partial charge in [0.2, 0.25) is 5.95 Å². The van der Waals surface area contributed by atoms with Crippen molar-refractivity contribution in [3.63, 3.8) is 0 Å². The minimum atomic E-state index is -4.42. The van der Waals surface area contributed by atoms with Crippen LogP contribution in [0.1, 0.15) is 12.6 Å². The molecule has 1 aromatic rings. The summed E-state index contributed by atoms with van der Waals surface area (Å²) >= 11 is 0. The van der Waals surface area contributed by atoms with Crippen molar-refractivity contribution in [2.45, 2.75) is 19.1 Å². The first-order valence-electron chi connectivity index (χ1n) is 5.73. The topological polar surface area (TPSA) is 32.3 Å². The Labute approximate surface area is 103 Å². The molecule has 1 atom stereocenters. The van der Waals surface area contributed by atoms with E-state index in [4.69, 9.17) is 0 Å². The molecule has 1 fully saturated rings. The van der Waals surface area contributed by atoms with Crippen molar-refractivity contribution in [2.75, 3.05) is 31.6 Å². The Hall–Kier alpha value is -1.37. The lowest BCUT2D eigenvalue weighted by atomic mass is 10.2. The maximum absolute atomic E-state index is 12.6. The summed E-state index contributed by atoms with van der Waals surface area (Å²) in [6.07, 6.45) is -3.26. The molecular weight excluding hydrogens is 245 g/mol. The van der Waals surface area contributed by atoms with E-state index in [1.807, 2.05) is 18.9 Å². The van der Waals surface area contributed by atoms with Gasteiger partial charge in [-0.1, -0.05) is 0 Å². The van der Waals surface area contributed by atoms with E-state index in [1.54, 1.807) is 0 Å². The zero-order chi connectivity index (χ0) is 13.3. The van der Waals surface area contributed by atoms with Gasteiger partial charge in [-0.25, -0.2) is 9.97 Å².